The third kappa shape index (κ3) is 19.5. The van der Waals surface area contributed by atoms with E-state index >= 15 is 0 Å². The van der Waals surface area contributed by atoms with Crippen molar-refractivity contribution in [3.63, 3.8) is 0 Å². The molecule has 558 valence electrons. The van der Waals surface area contributed by atoms with Crippen LogP contribution >= 0.6 is 7.82 Å². The summed E-state index contributed by atoms with van der Waals surface area (Å²) in [5.74, 6) is -2.59. The summed E-state index contributed by atoms with van der Waals surface area (Å²) in [4.78, 5) is 48.3. The minimum Gasteiger partial charge on any atom is -0.394 e. The summed E-state index contributed by atoms with van der Waals surface area (Å²) < 4.78 is 99.8. The molecule has 0 aromatic rings. The van der Waals surface area contributed by atoms with Gasteiger partial charge in [0.05, 0.1) is 66.9 Å². The number of likely N-dealkylation sites (N-methyl/N-ethyl adjacent to an activating group) is 1. The first-order valence-electron chi connectivity index (χ1n) is 30.6. The molecule has 0 radical (unpaired) electrons. The molecule has 7 rings (SSSR count). The number of phosphoric ester groups is 1. The molecule has 7 heterocycles. The number of aliphatic hydroxyl groups excluding tert-OH is 18. The number of amides is 3. The predicted octanol–water partition coefficient (Wildman–Crippen LogP) is -14.0. The molecule has 42 nitrogen and oxygen atoms in total. The summed E-state index contributed by atoms with van der Waals surface area (Å²) >= 11 is 0. The van der Waals surface area contributed by atoms with E-state index in [-0.39, 0.29) is 13.2 Å². The van der Waals surface area contributed by atoms with Crippen LogP contribution in [0.4, 0.5) is 0 Å². The molecule has 0 aromatic carbocycles. The third-order valence-electron chi connectivity index (χ3n) is 16.9. The topological polar surface area (TPSA) is 627 Å². The van der Waals surface area contributed by atoms with E-state index in [0.29, 0.717) is 4.48 Å². The fraction of sp³-hybridized carbons (Fsp3) is 0.943. The molecule has 0 spiro atoms. The number of nitrogens with one attached hydrogen (secondary N) is 3. The molecule has 0 aliphatic carbocycles. The number of carbonyl (C=O) groups is 3. The van der Waals surface area contributed by atoms with Gasteiger partial charge in [-0.2, -0.15) is 0 Å². The molecule has 1 unspecified atom stereocenters. The molecule has 0 aromatic heterocycles. The molecule has 96 heavy (non-hydrogen) atoms. The summed E-state index contributed by atoms with van der Waals surface area (Å²) in [5, 5.41) is 207. The van der Waals surface area contributed by atoms with Gasteiger partial charge >= 0.3 is 7.82 Å². The van der Waals surface area contributed by atoms with E-state index in [1.807, 2.05) is 0 Å². The highest BCUT2D eigenvalue weighted by Crippen LogP contribution is 2.44. The van der Waals surface area contributed by atoms with E-state index < -0.39 is 280 Å². The summed E-state index contributed by atoms with van der Waals surface area (Å²) in [7, 11) is 0.375. The van der Waals surface area contributed by atoms with Gasteiger partial charge < -0.3 is 179 Å². The maximum absolute atomic E-state index is 13.0. The van der Waals surface area contributed by atoms with Gasteiger partial charge in [0.15, 0.2) is 44.0 Å². The number of hydrogen-bond acceptors (Lipinski definition) is 37. The summed E-state index contributed by atoms with van der Waals surface area (Å²) in [5.41, 5.74) is 0. The minimum absolute atomic E-state index is 0.226. The van der Waals surface area contributed by atoms with Crippen molar-refractivity contribution in [2.75, 3.05) is 73.9 Å². The first-order valence-corrected chi connectivity index (χ1v) is 32.1. The number of phosphoric acid groups is 1. The lowest BCUT2D eigenvalue weighted by atomic mass is 9.93. The van der Waals surface area contributed by atoms with Gasteiger partial charge in [-0.25, -0.2) is 4.57 Å². The van der Waals surface area contributed by atoms with E-state index in [4.69, 9.17) is 70.6 Å². The molecule has 3 amide bonds. The summed E-state index contributed by atoms with van der Waals surface area (Å²) in [6, 6.07) is -5.42. The van der Waals surface area contributed by atoms with Crippen molar-refractivity contribution in [1.82, 2.24) is 16.0 Å². The number of nitrogens with zero attached hydrogens (tertiary/aromatic N) is 1. The fourth-order valence-corrected chi connectivity index (χ4v) is 12.3. The Morgan fingerprint density at radius 3 is 1.38 bits per heavy atom. The van der Waals surface area contributed by atoms with E-state index in [9.17, 15) is 116 Å². The fourth-order valence-electron chi connectivity index (χ4n) is 11.6. The Morgan fingerprint density at radius 1 is 0.396 bits per heavy atom. The molecule has 7 fully saturated rings. The zero-order chi connectivity index (χ0) is 71.3. The average molecular weight is 1430 g/mol. The van der Waals surface area contributed by atoms with Gasteiger partial charge in [-0.3, -0.25) is 23.4 Å². The third-order valence-corrected chi connectivity index (χ3v) is 17.9. The van der Waals surface area contributed by atoms with E-state index in [2.05, 4.69) is 16.0 Å². The van der Waals surface area contributed by atoms with Crippen LogP contribution in [0.25, 0.3) is 0 Å². The lowest BCUT2D eigenvalue weighted by Crippen LogP contribution is -2.70. The highest BCUT2D eigenvalue weighted by molar-refractivity contribution is 7.47. The molecule has 22 N–H and O–H groups in total. The molecule has 7 aliphatic heterocycles. The van der Waals surface area contributed by atoms with E-state index in [0.717, 1.165) is 20.8 Å². The van der Waals surface area contributed by atoms with E-state index in [1.54, 1.807) is 21.1 Å². The smallest absolute Gasteiger partial charge is 0.394 e. The summed E-state index contributed by atoms with van der Waals surface area (Å²) in [6.07, 6.45) is -63.4. The van der Waals surface area contributed by atoms with Gasteiger partial charge in [-0.15, -0.1) is 0 Å². The Kier molecular flexibility index (Phi) is 28.9. The monoisotopic (exact) mass is 1430 g/mol. The van der Waals surface area contributed by atoms with Crippen LogP contribution in [0.15, 0.2) is 0 Å². The van der Waals surface area contributed by atoms with Crippen LogP contribution in [-0.2, 0) is 89.6 Å². The van der Waals surface area contributed by atoms with Gasteiger partial charge in [0.2, 0.25) is 17.7 Å². The lowest BCUT2D eigenvalue weighted by molar-refractivity contribution is -0.870. The van der Waals surface area contributed by atoms with Crippen LogP contribution < -0.4 is 16.0 Å². The Morgan fingerprint density at radius 2 is 0.812 bits per heavy atom. The number of quaternary nitrogens is 1. The van der Waals surface area contributed by atoms with Crippen LogP contribution in [0.5, 0.6) is 0 Å². The van der Waals surface area contributed by atoms with Crippen LogP contribution in [-0.4, -0.2) is 408 Å². The van der Waals surface area contributed by atoms with Crippen molar-refractivity contribution >= 4 is 25.5 Å². The number of aliphatic hydroxyl groups is 18. The Balaban J connectivity index is 1.19. The van der Waals surface area contributed by atoms with Crippen molar-refractivity contribution < 1.29 is 191 Å². The number of carbonyl (C=O) groups excluding carboxylic acids is 3. The molecule has 7 saturated heterocycles. The maximum Gasteiger partial charge on any atom is 0.472 e. The molecule has 43 heteroatoms. The van der Waals surface area contributed by atoms with Crippen LogP contribution in [0, 0.1) is 0 Å². The Bertz CT molecular complexity index is 2520. The minimum atomic E-state index is -4.92. The zero-order valence-corrected chi connectivity index (χ0v) is 53.9. The van der Waals surface area contributed by atoms with Crippen LogP contribution in [0.3, 0.4) is 0 Å². The van der Waals surface area contributed by atoms with Gasteiger partial charge in [0.1, 0.15) is 178 Å². The molecule has 0 saturated carbocycles. The SMILES string of the molecule is CC(=O)N[C@@H]1[C@@H](O)[C@H](O[C@@H]2O[C@H](CO)[C@@H](O[C@@H]3O[C@H](CO[C@H]4O[C@H](CO)[C@@H](O)[C@H](O)[C@@H]4O)[C@@H](O)[C@H](O[C@H]4O[C@H](CO)[C@@H](O)[C@H](O)[C@@H]4O[C@@H]4O[C@H](COP(=O)(O)OCC[N+](C)(C)C)[C@@H](O)[C@H](O)[C@H]4NC(C)=O)[C@@H]3O)[C@H](O)[C@H]2NC(C)=O)[C@@H](CO[C@@H]2O[C@@H](C)[C@@H](O)[C@@H](O)[C@@H]2O)O[C@H]1O. The molecular weight excluding hydrogens is 1330 g/mol. The van der Waals surface area contributed by atoms with Crippen molar-refractivity contribution in [2.45, 2.75) is 242 Å². The van der Waals surface area contributed by atoms with E-state index in [1.165, 1.54) is 6.92 Å². The second-order valence-electron chi connectivity index (χ2n) is 25.3. The van der Waals surface area contributed by atoms with Crippen LogP contribution in [0.2, 0.25) is 0 Å². The van der Waals surface area contributed by atoms with Gasteiger partial charge in [-0.1, -0.05) is 0 Å². The molecule has 7 aliphatic rings. The second-order valence-corrected chi connectivity index (χ2v) is 26.7. The first kappa shape index (κ1) is 80.6. The maximum atomic E-state index is 13.0. The highest BCUT2D eigenvalue weighted by Gasteiger charge is 2.59. The molecule has 36 atom stereocenters. The van der Waals surface area contributed by atoms with Crippen molar-refractivity contribution in [1.29, 1.82) is 0 Å². The Hall–Kier alpha value is -2.76. The van der Waals surface area contributed by atoms with Gasteiger partial charge in [0, 0.05) is 20.8 Å². The Labute approximate surface area is 547 Å². The standard InChI is InChI=1S/C53H93N4O38P/c1-16-29(64)37(72)40(75)50(85-16)82-14-25-44(35(70)26(47(78)86-25)54-17(2)61)92-49-28(56-19(4)63)36(71)43(22(12-60)89-49)93-52-42(77)45(33(68)23(91-52)13-81-51-41(76)38(73)30(65)20(10-58)87-51)94-53-46(39(74)31(66)21(11-59)88-53)95-48-27(55-18(3)62)34(69)32(67)24(90-48)15-84-96(79,80)83-9-8-57(5,6)7/h16,20-53,58-60,64-78H,8-15H2,1-7H3,(H3-,54,55,56,61,62,63,79,80)/p+1/t16-,20+,21+,22+,23+,24+,25+,26+,27+,28+,29+,30+,31+,32+,33+,34+,35+,36+,37+,38-,39-,40-,41-,42-,43+,44+,45-,46-,47+,48-,49-,50+,51-,52-,53+/m0/s1. The molecule has 0 bridgehead atoms. The van der Waals surface area contributed by atoms with Crippen molar-refractivity contribution in [3.05, 3.63) is 0 Å². The lowest BCUT2D eigenvalue weighted by Gasteiger charge is -2.51. The highest BCUT2D eigenvalue weighted by atomic mass is 31.2. The predicted molar refractivity (Wildman–Crippen MR) is 303 cm³/mol. The molecular formula is C53H94N4O38P+. The summed E-state index contributed by atoms with van der Waals surface area (Å²) in [6.45, 7) is -1.76. The largest absolute Gasteiger partial charge is 0.472 e. The van der Waals surface area contributed by atoms with Crippen LogP contribution in [0.1, 0.15) is 27.7 Å². The van der Waals surface area contributed by atoms with Crippen molar-refractivity contribution in [2.24, 2.45) is 0 Å². The number of rotatable bonds is 27. The first-order chi connectivity index (χ1) is 44.9. The quantitative estimate of drug-likeness (QED) is 0.0268. The number of ether oxygens (including phenoxy) is 13. The van der Waals surface area contributed by atoms with Crippen molar-refractivity contribution in [3.8, 4) is 0 Å². The van der Waals surface area contributed by atoms with Gasteiger partial charge in [0.25, 0.3) is 0 Å². The normalized spacial score (nSPS) is 46.3. The van der Waals surface area contributed by atoms with Gasteiger partial charge in [-0.05, 0) is 6.92 Å². The second kappa shape index (κ2) is 34.5. The number of hydrogen-bond donors (Lipinski definition) is 22. The average Bonchev–Trinajstić information content (AvgIpc) is 0.772. The zero-order valence-electron chi connectivity index (χ0n) is 53.0.